The Bertz CT molecular complexity index is 3050. The Balaban J connectivity index is 0.000000155. The zero-order valence-electron chi connectivity index (χ0n) is 39.1. The first-order chi connectivity index (χ1) is 34.2. The van der Waals surface area contributed by atoms with E-state index in [0.717, 1.165) is 16.7 Å². The number of nitrogens with zero attached hydrogens (tertiary/aromatic N) is 12. The number of halogens is 1. The van der Waals surface area contributed by atoms with Crippen LogP contribution in [0.2, 0.25) is 0 Å². The van der Waals surface area contributed by atoms with Crippen molar-refractivity contribution in [2.24, 2.45) is 0 Å². The van der Waals surface area contributed by atoms with Gasteiger partial charge in [0.15, 0.2) is 55.7 Å². The van der Waals surface area contributed by atoms with Crippen LogP contribution in [0.3, 0.4) is 0 Å². The van der Waals surface area contributed by atoms with Crippen LogP contribution in [0.4, 0.5) is 17.5 Å². The molecule has 6 heterocycles. The Morgan fingerprint density at radius 2 is 0.871 bits per heavy atom. The van der Waals surface area contributed by atoms with Gasteiger partial charge in [-0.3, -0.25) is 9.13 Å². The quantitative estimate of drug-likeness (QED) is 0.0618. The molecule has 0 saturated heterocycles. The van der Waals surface area contributed by atoms with Gasteiger partial charge >= 0.3 is 18.0 Å². The second kappa shape index (κ2) is 25.0. The van der Waals surface area contributed by atoms with Crippen molar-refractivity contribution in [2.45, 2.75) is 26.6 Å². The van der Waals surface area contributed by atoms with E-state index in [1.54, 1.807) is 27.7 Å². The Morgan fingerprint density at radius 1 is 0.457 bits per heavy atom. The second-order valence-electron chi connectivity index (χ2n) is 14.9. The third-order valence-corrected chi connectivity index (χ3v) is 10.6. The summed E-state index contributed by atoms with van der Waals surface area (Å²) in [6.07, 6.45) is 1.71. The Kier molecular flexibility index (Phi) is 17.9. The number of hydrogen-bond acceptors (Lipinski definition) is 19. The van der Waals surface area contributed by atoms with Gasteiger partial charge in [0.1, 0.15) is 19.8 Å². The number of rotatable bonds is 20. The molecule has 6 N–H and O–H groups in total. The molecule has 0 aliphatic carbocycles. The number of imidazole rings is 3. The lowest BCUT2D eigenvalue weighted by atomic mass is 10.2. The molecule has 3 aromatic carbocycles. The van der Waals surface area contributed by atoms with Gasteiger partial charge in [0.05, 0.1) is 52.4 Å². The minimum atomic E-state index is 0.194. The maximum absolute atomic E-state index is 6.04. The van der Waals surface area contributed by atoms with Crippen molar-refractivity contribution in [1.82, 2.24) is 58.6 Å². The summed E-state index contributed by atoms with van der Waals surface area (Å²) >= 11 is 3.46. The van der Waals surface area contributed by atoms with Crippen LogP contribution in [0, 0.1) is 0 Å². The zero-order chi connectivity index (χ0) is 49.2. The van der Waals surface area contributed by atoms with Crippen LogP contribution >= 0.6 is 15.9 Å². The van der Waals surface area contributed by atoms with Crippen LogP contribution in [0.1, 0.15) is 23.6 Å². The molecule has 23 heteroatoms. The average Bonchev–Trinajstić information content (AvgIpc) is 4.04. The van der Waals surface area contributed by atoms with E-state index < -0.39 is 0 Å². The number of nitrogen functional groups attached to an aromatic ring is 3. The molecule has 0 fully saturated rings. The Morgan fingerprint density at radius 3 is 1.34 bits per heavy atom. The number of nitrogens with two attached hydrogens (primary N) is 3. The Hall–Kier alpha value is -7.73. The predicted octanol–water partition coefficient (Wildman–Crippen LogP) is 5.61. The zero-order valence-corrected chi connectivity index (χ0v) is 40.7. The predicted molar refractivity (Wildman–Crippen MR) is 267 cm³/mol. The fourth-order valence-corrected chi connectivity index (χ4v) is 7.16. The van der Waals surface area contributed by atoms with Crippen LogP contribution < -0.4 is 36.1 Å². The number of hydrogen-bond donors (Lipinski definition) is 3. The number of fused-ring (bicyclic) bond motifs is 3. The maximum Gasteiger partial charge on any atom is 0.320 e. The van der Waals surface area contributed by atoms with Crippen molar-refractivity contribution in [3.8, 4) is 24.0 Å². The smallest absolute Gasteiger partial charge is 0.320 e. The first kappa shape index (κ1) is 50.2. The number of anilines is 3. The standard InChI is InChI=1S/C17H21N5O3.C15H16BrN5O2.C15H17N5O2/c1-3-24-17-19-13-14(18)20-16(25-10-9-23-2)21-15(13)22(17)11-12-7-5-4-6-8-12;1-22-7-8-23-15-19-12(17)11-13(20-15)21(14(16)18-11)9-10-5-3-2-4-6-10;1-21-7-8-22-15-18-13(16)12-14(19-15)20(10-17-12)9-11-5-3-2-4-6-11/h4-8H,3,9-11H2,1-2H3,(H2,18,20,21);2-6H,7-9H2,1H3,(H2,17,19,20);2-6,10H,7-9H2,1H3,(H2,16,18,19). The SMILES string of the molecule is CCOc1nc2c(N)nc(OCCOC)nc2n1Cc1ccccc1.COCCOc1nc(N)c2nc(Br)n(Cc3ccccc3)c2n1.COCCOc1nc(N)c2ncn(Cc3ccccc3)c2n1. The van der Waals surface area contributed by atoms with Crippen LogP contribution in [0.25, 0.3) is 33.5 Å². The van der Waals surface area contributed by atoms with E-state index in [9.17, 15) is 0 Å². The van der Waals surface area contributed by atoms with E-state index in [1.807, 2.05) is 112 Å². The number of methoxy groups -OCH3 is 3. The van der Waals surface area contributed by atoms with Crippen molar-refractivity contribution in [1.29, 1.82) is 0 Å². The molecule has 22 nitrogen and oxygen atoms in total. The van der Waals surface area contributed by atoms with E-state index in [1.165, 1.54) is 0 Å². The van der Waals surface area contributed by atoms with Gasteiger partial charge in [0, 0.05) is 21.3 Å². The van der Waals surface area contributed by atoms with Crippen LogP contribution in [-0.2, 0) is 33.8 Å². The molecule has 0 spiro atoms. The van der Waals surface area contributed by atoms with Crippen molar-refractivity contribution < 1.29 is 33.2 Å². The van der Waals surface area contributed by atoms with Crippen LogP contribution in [0.5, 0.6) is 24.0 Å². The van der Waals surface area contributed by atoms with Crippen molar-refractivity contribution in [3.05, 3.63) is 119 Å². The molecule has 0 amide bonds. The van der Waals surface area contributed by atoms with E-state index in [2.05, 4.69) is 60.8 Å². The van der Waals surface area contributed by atoms with Gasteiger partial charge in [-0.05, 0) is 39.5 Å². The van der Waals surface area contributed by atoms with Crippen molar-refractivity contribution in [2.75, 3.05) is 84.8 Å². The monoisotopic (exact) mass is 1020 g/mol. The third-order valence-electron chi connectivity index (χ3n) is 9.98. The Labute approximate surface area is 411 Å². The molecule has 0 bridgehead atoms. The third kappa shape index (κ3) is 13.1. The fourth-order valence-electron chi connectivity index (χ4n) is 6.69. The molecule has 366 valence electrons. The number of aromatic nitrogens is 12. The average molecular weight is 1020 g/mol. The van der Waals surface area contributed by atoms with Crippen LogP contribution in [-0.4, -0.2) is 126 Å². The first-order valence-electron chi connectivity index (χ1n) is 22.0. The summed E-state index contributed by atoms with van der Waals surface area (Å²) in [7, 11) is 4.82. The molecule has 0 radical (unpaired) electrons. The summed E-state index contributed by atoms with van der Waals surface area (Å²) < 4.78 is 43.3. The second-order valence-corrected chi connectivity index (χ2v) is 15.6. The summed E-state index contributed by atoms with van der Waals surface area (Å²) in [6.45, 7) is 6.64. The molecule has 9 aromatic rings. The molecule has 0 aliphatic heterocycles. The summed E-state index contributed by atoms with van der Waals surface area (Å²) in [4.78, 5) is 38.8. The molecule has 70 heavy (non-hydrogen) atoms. The van der Waals surface area contributed by atoms with Crippen molar-refractivity contribution in [3.63, 3.8) is 0 Å². The van der Waals surface area contributed by atoms with Gasteiger partial charge < -0.3 is 54.9 Å². The van der Waals surface area contributed by atoms with E-state index >= 15 is 0 Å². The summed E-state index contributed by atoms with van der Waals surface area (Å²) in [5.74, 6) is 0.851. The van der Waals surface area contributed by atoms with E-state index in [-0.39, 0.29) is 29.7 Å². The van der Waals surface area contributed by atoms with Gasteiger partial charge in [0.25, 0.3) is 6.01 Å². The molecular formula is C47H54BrN15O7. The van der Waals surface area contributed by atoms with Gasteiger partial charge in [0.2, 0.25) is 0 Å². The molecule has 9 rings (SSSR count). The summed E-state index contributed by atoms with van der Waals surface area (Å²) in [5.41, 5.74) is 24.8. The molecule has 6 aromatic heterocycles. The molecule has 0 atom stereocenters. The molecule has 0 unspecified atom stereocenters. The highest BCUT2D eigenvalue weighted by Crippen LogP contribution is 2.28. The van der Waals surface area contributed by atoms with E-state index in [4.69, 9.17) is 50.4 Å². The lowest BCUT2D eigenvalue weighted by Gasteiger charge is -2.09. The summed E-state index contributed by atoms with van der Waals surface area (Å²) in [6, 6.07) is 31.2. The maximum atomic E-state index is 6.04. The van der Waals surface area contributed by atoms with Gasteiger partial charge in [-0.25, -0.2) is 9.97 Å². The number of benzene rings is 3. The fraction of sp³-hybridized carbons (Fsp3) is 0.298. The van der Waals surface area contributed by atoms with Crippen LogP contribution in [0.15, 0.2) is 102 Å². The minimum absolute atomic E-state index is 0.194. The summed E-state index contributed by atoms with van der Waals surface area (Å²) in [5, 5.41) is 0. The van der Waals surface area contributed by atoms with Gasteiger partial charge in [-0.2, -0.15) is 34.9 Å². The van der Waals surface area contributed by atoms with Gasteiger partial charge in [-0.1, -0.05) is 91.0 Å². The number of ether oxygens (including phenoxy) is 7. The normalized spacial score (nSPS) is 11.0. The minimum Gasteiger partial charge on any atom is -0.465 e. The molecule has 0 saturated carbocycles. The highest BCUT2D eigenvalue weighted by atomic mass is 79.9. The topological polar surface area (TPSA) is 273 Å². The molecule has 0 aliphatic rings. The van der Waals surface area contributed by atoms with E-state index in [0.29, 0.717) is 116 Å². The lowest BCUT2D eigenvalue weighted by molar-refractivity contribution is 0.141. The highest BCUT2D eigenvalue weighted by Gasteiger charge is 2.20. The van der Waals surface area contributed by atoms with Gasteiger partial charge in [-0.15, -0.1) is 0 Å². The highest BCUT2D eigenvalue weighted by molar-refractivity contribution is 9.10. The first-order valence-corrected chi connectivity index (χ1v) is 22.8. The molecular weight excluding hydrogens is 967 g/mol. The van der Waals surface area contributed by atoms with Crippen molar-refractivity contribution >= 4 is 66.9 Å². The lowest BCUT2D eigenvalue weighted by Crippen LogP contribution is -2.09. The largest absolute Gasteiger partial charge is 0.465 e.